The monoisotopic (exact) mass is 263 g/mol. The maximum atomic E-state index is 11.8. The van der Waals surface area contributed by atoms with Gasteiger partial charge in [-0.3, -0.25) is 4.90 Å². The number of rotatable bonds is 4. The summed E-state index contributed by atoms with van der Waals surface area (Å²) in [7, 11) is -1.12. The summed E-state index contributed by atoms with van der Waals surface area (Å²) >= 11 is 0. The van der Waals surface area contributed by atoms with Crippen LogP contribution in [0.4, 0.5) is 4.79 Å². The SMILES string of the molecule is C[Si](C)(C)CCOC(=O)N1CC1c1ccccc1. The lowest BCUT2D eigenvalue weighted by Gasteiger charge is -2.15. The van der Waals surface area contributed by atoms with Crippen LogP contribution in [0.5, 0.6) is 0 Å². The van der Waals surface area contributed by atoms with Gasteiger partial charge in [-0.1, -0.05) is 50.0 Å². The van der Waals surface area contributed by atoms with Gasteiger partial charge in [0.2, 0.25) is 0 Å². The molecule has 4 heteroatoms. The van der Waals surface area contributed by atoms with E-state index in [2.05, 4.69) is 31.8 Å². The van der Waals surface area contributed by atoms with Gasteiger partial charge in [0.25, 0.3) is 0 Å². The van der Waals surface area contributed by atoms with Gasteiger partial charge in [-0.15, -0.1) is 0 Å². The molecule has 0 N–H and O–H groups in total. The average Bonchev–Trinajstić information content (AvgIpc) is 3.08. The maximum Gasteiger partial charge on any atom is 0.410 e. The van der Waals surface area contributed by atoms with E-state index in [-0.39, 0.29) is 12.1 Å². The van der Waals surface area contributed by atoms with Gasteiger partial charge in [-0.05, 0) is 11.6 Å². The fourth-order valence-corrected chi connectivity index (χ4v) is 2.54. The quantitative estimate of drug-likeness (QED) is 0.614. The van der Waals surface area contributed by atoms with Crippen molar-refractivity contribution in [2.75, 3.05) is 13.2 Å². The topological polar surface area (TPSA) is 29.3 Å². The minimum Gasteiger partial charge on any atom is -0.450 e. The zero-order valence-corrected chi connectivity index (χ0v) is 12.3. The number of carbonyl (C=O) groups is 1. The molecule has 0 saturated carbocycles. The fourth-order valence-electron chi connectivity index (χ4n) is 1.83. The molecule has 0 aliphatic carbocycles. The van der Waals surface area contributed by atoms with E-state index in [0.29, 0.717) is 6.61 Å². The molecule has 0 spiro atoms. The number of hydrogen-bond donors (Lipinski definition) is 0. The Morgan fingerprint density at radius 3 is 2.61 bits per heavy atom. The third kappa shape index (κ3) is 3.60. The Kier molecular flexibility index (Phi) is 3.75. The Hall–Kier alpha value is -1.29. The van der Waals surface area contributed by atoms with Crippen molar-refractivity contribution in [3.63, 3.8) is 0 Å². The minimum atomic E-state index is -1.12. The molecule has 1 fully saturated rings. The molecule has 0 radical (unpaired) electrons. The Morgan fingerprint density at radius 1 is 1.33 bits per heavy atom. The molecule has 1 aromatic carbocycles. The van der Waals surface area contributed by atoms with E-state index in [1.54, 1.807) is 4.90 Å². The Balaban J connectivity index is 1.76. The van der Waals surface area contributed by atoms with E-state index in [0.717, 1.165) is 12.6 Å². The summed E-state index contributed by atoms with van der Waals surface area (Å²) in [5.74, 6) is 0. The number of benzene rings is 1. The largest absolute Gasteiger partial charge is 0.450 e. The van der Waals surface area contributed by atoms with Crippen molar-refractivity contribution in [3.05, 3.63) is 35.9 Å². The molecule has 1 aliphatic heterocycles. The van der Waals surface area contributed by atoms with Crippen molar-refractivity contribution in [1.82, 2.24) is 4.90 Å². The molecule has 1 aromatic rings. The number of ether oxygens (including phenoxy) is 1. The molecule has 18 heavy (non-hydrogen) atoms. The van der Waals surface area contributed by atoms with Crippen molar-refractivity contribution in [1.29, 1.82) is 0 Å². The summed E-state index contributed by atoms with van der Waals surface area (Å²) in [6, 6.07) is 11.4. The lowest BCUT2D eigenvalue weighted by atomic mass is 10.2. The van der Waals surface area contributed by atoms with Gasteiger partial charge in [-0.2, -0.15) is 0 Å². The van der Waals surface area contributed by atoms with Crippen LogP contribution < -0.4 is 0 Å². The highest BCUT2D eigenvalue weighted by Crippen LogP contribution is 2.35. The lowest BCUT2D eigenvalue weighted by molar-refractivity contribution is 0.134. The lowest BCUT2D eigenvalue weighted by Crippen LogP contribution is -2.24. The first-order valence-electron chi connectivity index (χ1n) is 6.46. The van der Waals surface area contributed by atoms with Crippen molar-refractivity contribution in [2.45, 2.75) is 31.7 Å². The smallest absolute Gasteiger partial charge is 0.410 e. The summed E-state index contributed by atoms with van der Waals surface area (Å²) < 4.78 is 5.32. The first kappa shape index (κ1) is 13.1. The molecule has 3 nitrogen and oxygen atoms in total. The van der Waals surface area contributed by atoms with E-state index in [1.807, 2.05) is 18.2 Å². The van der Waals surface area contributed by atoms with Crippen LogP contribution in [-0.4, -0.2) is 32.2 Å². The van der Waals surface area contributed by atoms with Crippen molar-refractivity contribution in [3.8, 4) is 0 Å². The van der Waals surface area contributed by atoms with Gasteiger partial charge in [0.15, 0.2) is 0 Å². The van der Waals surface area contributed by atoms with Gasteiger partial charge in [0.05, 0.1) is 12.6 Å². The van der Waals surface area contributed by atoms with E-state index in [4.69, 9.17) is 4.74 Å². The molecule has 98 valence electrons. The van der Waals surface area contributed by atoms with Crippen molar-refractivity contribution < 1.29 is 9.53 Å². The molecule has 0 bridgehead atoms. The predicted molar refractivity (Wildman–Crippen MR) is 75.4 cm³/mol. The third-order valence-electron chi connectivity index (χ3n) is 3.11. The Bertz CT molecular complexity index is 414. The molecule has 1 unspecified atom stereocenters. The van der Waals surface area contributed by atoms with E-state index in [9.17, 15) is 4.79 Å². The van der Waals surface area contributed by atoms with Crippen molar-refractivity contribution in [2.24, 2.45) is 0 Å². The van der Waals surface area contributed by atoms with Gasteiger partial charge >= 0.3 is 6.09 Å². The summed E-state index contributed by atoms with van der Waals surface area (Å²) in [6.45, 7) is 8.20. The fraction of sp³-hybridized carbons (Fsp3) is 0.500. The summed E-state index contributed by atoms with van der Waals surface area (Å²) in [4.78, 5) is 13.6. The van der Waals surface area contributed by atoms with Gasteiger partial charge in [0, 0.05) is 14.6 Å². The maximum absolute atomic E-state index is 11.8. The molecule has 1 aliphatic rings. The molecule has 1 amide bonds. The van der Waals surface area contributed by atoms with Crippen LogP contribution in [-0.2, 0) is 4.74 Å². The average molecular weight is 263 g/mol. The number of carbonyl (C=O) groups excluding carboxylic acids is 1. The highest BCUT2D eigenvalue weighted by Gasteiger charge is 2.40. The van der Waals surface area contributed by atoms with Crippen LogP contribution in [0, 0.1) is 0 Å². The first-order valence-corrected chi connectivity index (χ1v) is 10.2. The van der Waals surface area contributed by atoms with Crippen LogP contribution >= 0.6 is 0 Å². The van der Waals surface area contributed by atoms with Crippen LogP contribution in [0.1, 0.15) is 11.6 Å². The second-order valence-corrected chi connectivity index (χ2v) is 11.6. The van der Waals surface area contributed by atoms with Gasteiger partial charge in [0.1, 0.15) is 0 Å². The van der Waals surface area contributed by atoms with E-state index >= 15 is 0 Å². The van der Waals surface area contributed by atoms with Gasteiger partial charge in [-0.25, -0.2) is 4.79 Å². The van der Waals surface area contributed by atoms with Crippen LogP contribution in [0.15, 0.2) is 30.3 Å². The number of hydrogen-bond acceptors (Lipinski definition) is 2. The van der Waals surface area contributed by atoms with Crippen LogP contribution in [0.25, 0.3) is 0 Å². The predicted octanol–water partition coefficient (Wildman–Crippen LogP) is 3.52. The molecular formula is C14H21NO2Si. The summed E-state index contributed by atoms with van der Waals surface area (Å²) in [5.41, 5.74) is 1.19. The van der Waals surface area contributed by atoms with Crippen LogP contribution in [0.2, 0.25) is 25.7 Å². The Labute approximate surface area is 110 Å². The second-order valence-electron chi connectivity index (χ2n) is 6.00. The minimum absolute atomic E-state index is 0.165. The van der Waals surface area contributed by atoms with E-state index in [1.165, 1.54) is 5.56 Å². The molecular weight excluding hydrogens is 242 g/mol. The normalized spacial score (nSPS) is 18.6. The van der Waals surface area contributed by atoms with Crippen molar-refractivity contribution >= 4 is 14.2 Å². The molecule has 2 rings (SSSR count). The zero-order chi connectivity index (χ0) is 13.2. The highest BCUT2D eigenvalue weighted by molar-refractivity contribution is 6.76. The third-order valence-corrected chi connectivity index (χ3v) is 4.81. The first-order chi connectivity index (χ1) is 8.47. The molecule has 0 aromatic heterocycles. The summed E-state index contributed by atoms with van der Waals surface area (Å²) in [6.07, 6.45) is -0.165. The Morgan fingerprint density at radius 2 is 2.00 bits per heavy atom. The standard InChI is InChI=1S/C14H21NO2Si/c1-18(2,3)10-9-17-14(16)15-11-13(15)12-7-5-4-6-8-12/h4-8,13H,9-11H2,1-3H3. The number of nitrogens with zero attached hydrogens (tertiary/aromatic N) is 1. The van der Waals surface area contributed by atoms with Crippen LogP contribution in [0.3, 0.4) is 0 Å². The molecule has 1 saturated heterocycles. The molecule has 1 heterocycles. The highest BCUT2D eigenvalue weighted by atomic mass is 28.3. The summed E-state index contributed by atoms with van der Waals surface area (Å²) in [5, 5.41) is 0. The van der Waals surface area contributed by atoms with Gasteiger partial charge < -0.3 is 4.74 Å². The zero-order valence-electron chi connectivity index (χ0n) is 11.3. The number of amides is 1. The molecule has 1 atom stereocenters. The second kappa shape index (κ2) is 5.14. The van der Waals surface area contributed by atoms with E-state index < -0.39 is 8.07 Å².